The van der Waals surface area contributed by atoms with Crippen LogP contribution in [-0.4, -0.2) is 81.9 Å². The van der Waals surface area contributed by atoms with Gasteiger partial charge in [0.15, 0.2) is 29.4 Å². The first kappa shape index (κ1) is 44.1. The van der Waals surface area contributed by atoms with Crippen LogP contribution in [-0.2, 0) is 49.5 Å². The molecule has 4 N–H and O–H groups in total. The van der Waals surface area contributed by atoms with Crippen LogP contribution in [0.15, 0.2) is 84.7 Å². The largest absolute Gasteiger partial charge is 0.461 e. The number of aromatic nitrogens is 1. The van der Waals surface area contributed by atoms with Gasteiger partial charge >= 0.3 is 11.9 Å². The molecule has 0 unspecified atom stereocenters. The number of nitrogens with two attached hydrogens (primary N) is 1. The summed E-state index contributed by atoms with van der Waals surface area (Å²) in [6, 6.07) is 14.6. The summed E-state index contributed by atoms with van der Waals surface area (Å²) in [7, 11) is 0. The number of alkyl halides is 1. The van der Waals surface area contributed by atoms with Crippen LogP contribution in [0, 0.1) is 28.1 Å². The summed E-state index contributed by atoms with van der Waals surface area (Å²) in [5.74, 6) is -4.93. The Morgan fingerprint density at radius 1 is 0.984 bits per heavy atom. The maximum Gasteiger partial charge on any atom is 0.306 e. The van der Waals surface area contributed by atoms with Crippen molar-refractivity contribution in [2.24, 2.45) is 33.8 Å². The minimum atomic E-state index is -2.10. The highest BCUT2D eigenvalue weighted by Crippen LogP contribution is 2.72. The zero-order chi connectivity index (χ0) is 45.5. The maximum atomic E-state index is 17.8. The van der Waals surface area contributed by atoms with Crippen molar-refractivity contribution in [2.75, 3.05) is 18.5 Å². The molecule has 5 fully saturated rings. The lowest BCUT2D eigenvalue weighted by molar-refractivity contribution is -0.246. The number of fused-ring (bicyclic) bond motifs is 8. The number of halogens is 1. The number of anilines is 1. The molecule has 9 rings (SSSR count). The summed E-state index contributed by atoms with van der Waals surface area (Å²) >= 11 is 0. The highest BCUT2D eigenvalue weighted by molar-refractivity contribution is 6.01. The molecule has 1 amide bonds. The average Bonchev–Trinajstić information content (AvgIpc) is 3.88. The van der Waals surface area contributed by atoms with Gasteiger partial charge in [0.1, 0.15) is 6.61 Å². The van der Waals surface area contributed by atoms with Gasteiger partial charge < -0.3 is 35.1 Å². The molecule has 2 heterocycles. The van der Waals surface area contributed by atoms with Gasteiger partial charge in [0.2, 0.25) is 11.7 Å². The zero-order valence-electron chi connectivity index (χ0n) is 36.7. The number of rotatable bonds is 13. The van der Waals surface area contributed by atoms with E-state index in [9.17, 15) is 29.1 Å². The fraction of sp³-hybridized carbons (Fsp3) is 0.520. The number of ketones is 2. The van der Waals surface area contributed by atoms with E-state index in [1.54, 1.807) is 63.5 Å². The highest BCUT2D eigenvalue weighted by Gasteiger charge is 2.80. The van der Waals surface area contributed by atoms with Gasteiger partial charge in [-0.15, -0.1) is 0 Å². The lowest BCUT2D eigenvalue weighted by atomic mass is 9.44. The summed E-state index contributed by atoms with van der Waals surface area (Å²) in [4.78, 5) is 70.6. The van der Waals surface area contributed by atoms with E-state index in [2.05, 4.69) is 10.3 Å². The van der Waals surface area contributed by atoms with Gasteiger partial charge in [-0.3, -0.25) is 29.0 Å². The molecule has 64 heavy (non-hydrogen) atoms. The van der Waals surface area contributed by atoms with Gasteiger partial charge in [-0.1, -0.05) is 48.9 Å². The van der Waals surface area contributed by atoms with Crippen molar-refractivity contribution in [3.05, 3.63) is 95.9 Å². The molecule has 1 aromatic heterocycles. The first-order valence-corrected chi connectivity index (χ1v) is 22.3. The van der Waals surface area contributed by atoms with Gasteiger partial charge in [0, 0.05) is 46.8 Å². The van der Waals surface area contributed by atoms with E-state index >= 15 is 4.39 Å². The third kappa shape index (κ3) is 7.21. The van der Waals surface area contributed by atoms with Gasteiger partial charge in [0.05, 0.1) is 31.0 Å². The van der Waals surface area contributed by atoms with Gasteiger partial charge in [-0.05, 0) is 117 Å². The number of hydrogen-bond donors (Lipinski definition) is 3. The molecule has 338 valence electrons. The number of carbonyl (C=O) groups excluding carboxylic acids is 5. The lowest BCUT2D eigenvalue weighted by Gasteiger charge is -2.62. The Labute approximate surface area is 371 Å². The topological polar surface area (TPSA) is 193 Å². The molecule has 9 atom stereocenters. The molecule has 1 saturated heterocycles. The van der Waals surface area contributed by atoms with Crippen LogP contribution in [0.3, 0.4) is 0 Å². The second-order valence-electron chi connectivity index (χ2n) is 19.9. The van der Waals surface area contributed by atoms with Crippen molar-refractivity contribution in [2.45, 2.75) is 121 Å². The number of carbonyl (C=O) groups is 5. The molecular formula is C50H56FN3O10. The van der Waals surface area contributed by atoms with E-state index in [1.165, 1.54) is 12.2 Å². The molecule has 0 spiro atoms. The molecule has 0 radical (unpaired) electrons. The van der Waals surface area contributed by atoms with E-state index in [-0.39, 0.29) is 44.1 Å². The van der Waals surface area contributed by atoms with Crippen LogP contribution in [0.25, 0.3) is 10.8 Å². The van der Waals surface area contributed by atoms with Crippen molar-refractivity contribution in [1.29, 1.82) is 0 Å². The lowest BCUT2D eigenvalue weighted by Crippen LogP contribution is -2.70. The first-order chi connectivity index (χ1) is 30.3. The van der Waals surface area contributed by atoms with Crippen LogP contribution < -0.4 is 11.1 Å². The van der Waals surface area contributed by atoms with E-state index in [4.69, 9.17) is 24.7 Å². The quantitative estimate of drug-likeness (QED) is 0.158. The molecule has 0 bridgehead atoms. The summed E-state index contributed by atoms with van der Waals surface area (Å²) in [5.41, 5.74) is 2.14. The predicted molar refractivity (Wildman–Crippen MR) is 232 cm³/mol. The van der Waals surface area contributed by atoms with E-state index in [0.717, 1.165) is 10.8 Å². The fourth-order valence-electron chi connectivity index (χ4n) is 12.2. The van der Waals surface area contributed by atoms with Crippen LogP contribution in [0.4, 0.5) is 10.1 Å². The Morgan fingerprint density at radius 3 is 2.44 bits per heavy atom. The molecule has 6 aliphatic rings. The predicted octanol–water partition coefficient (Wildman–Crippen LogP) is 6.50. The number of benzene rings is 2. The Morgan fingerprint density at radius 2 is 1.72 bits per heavy atom. The maximum absolute atomic E-state index is 17.8. The molecule has 3 aromatic rings. The summed E-state index contributed by atoms with van der Waals surface area (Å²) < 4.78 is 42.0. The number of hydrogen-bond acceptors (Lipinski definition) is 12. The molecular weight excluding hydrogens is 822 g/mol. The normalized spacial score (nSPS) is 33.2. The van der Waals surface area contributed by atoms with Crippen molar-refractivity contribution in [3.8, 4) is 0 Å². The minimum Gasteiger partial charge on any atom is -0.461 e. The van der Waals surface area contributed by atoms with Crippen molar-refractivity contribution in [3.63, 3.8) is 0 Å². The number of aliphatic hydroxyl groups is 1. The van der Waals surface area contributed by atoms with Crippen molar-refractivity contribution in [1.82, 2.24) is 4.98 Å². The number of aliphatic hydroxyl groups excluding tert-OH is 1. The monoisotopic (exact) mass is 877 g/mol. The first-order valence-electron chi connectivity index (χ1n) is 22.3. The Hall–Kier alpha value is -5.15. The minimum absolute atomic E-state index is 0.00480. The van der Waals surface area contributed by atoms with Crippen molar-refractivity contribution < 1.29 is 52.4 Å². The number of pyridine rings is 1. The van der Waals surface area contributed by atoms with Crippen LogP contribution in [0.1, 0.15) is 96.1 Å². The standard InChI is InChI=1S/C50H56FN3O10/c1-45(2)63-41-21-38-37-12-10-33-20-35(55)13-15-46(33,3)49(37,51)39(56)22-47(38,4)50(41,64-45)40(57)28-62-43(59)24-48(16-17-48)23-42(58)61-27-29-5-7-30(8-6-29)36(25-52)44(60)54-34-11-9-32-26-53-18-14-31(32)19-34/h5-9,11,13-15,18-20,26,36-39,41,56H,10,12,16-17,21-25,27-28,52H2,1-4H3,(H,54,60)/t36-,37+,38+,39+,41-,46+,47+,49+,50-/m1/s1. The third-order valence-electron chi connectivity index (χ3n) is 15.7. The molecule has 2 aromatic carbocycles. The van der Waals surface area contributed by atoms with Crippen LogP contribution in [0.5, 0.6) is 0 Å². The molecule has 4 saturated carbocycles. The fourth-order valence-corrected chi connectivity index (χ4v) is 12.2. The van der Waals surface area contributed by atoms with E-state index in [1.807, 2.05) is 31.2 Å². The highest BCUT2D eigenvalue weighted by atomic mass is 19.1. The Kier molecular flexibility index (Phi) is 10.9. The van der Waals surface area contributed by atoms with Crippen LogP contribution in [0.2, 0.25) is 0 Å². The van der Waals surface area contributed by atoms with Crippen LogP contribution >= 0.6 is 0 Å². The number of ether oxygens (including phenoxy) is 4. The average molecular weight is 878 g/mol. The van der Waals surface area contributed by atoms with E-state index in [0.29, 0.717) is 54.5 Å². The molecule has 1 aliphatic heterocycles. The van der Waals surface area contributed by atoms with Gasteiger partial charge in [0.25, 0.3) is 0 Å². The molecule has 13 nitrogen and oxygen atoms in total. The number of Topliss-reactive ketones (excluding diaryl/α,β-unsaturated/α-hetero) is 1. The van der Waals surface area contributed by atoms with Gasteiger partial charge in [-0.2, -0.15) is 0 Å². The number of nitrogens with zero attached hydrogens (tertiary/aromatic N) is 1. The number of amides is 1. The molecule has 5 aliphatic carbocycles. The summed E-state index contributed by atoms with van der Waals surface area (Å²) in [6.07, 6.45) is 7.84. The van der Waals surface area contributed by atoms with E-state index < -0.39 is 87.6 Å². The number of esters is 2. The Bertz CT molecular complexity index is 2480. The number of allylic oxidation sites excluding steroid dienone is 4. The second-order valence-corrected chi connectivity index (χ2v) is 19.9. The number of nitrogens with one attached hydrogen (secondary N) is 1. The SMILES string of the molecule is CC1(C)O[C@@H]2C[C@H]3[C@@H]4CCC5=CC(=O)C=C[C@]5(C)[C@@]4(F)[C@@H](O)C[C@]3(C)[C@]2(C(=O)COC(=O)CC2(CC(=O)OCc3ccc([C@@H](CN)C(=O)Nc4ccc5cnccc5c4)cc3)CC2)O1. The van der Waals surface area contributed by atoms with Crippen molar-refractivity contribution >= 4 is 45.9 Å². The Balaban J connectivity index is 0.795. The van der Waals surface area contributed by atoms with Gasteiger partial charge in [-0.25, -0.2) is 4.39 Å². The molecule has 14 heteroatoms. The summed E-state index contributed by atoms with van der Waals surface area (Å²) in [6.45, 7) is 6.49. The second kappa shape index (κ2) is 15.8. The third-order valence-corrected chi connectivity index (χ3v) is 15.7. The smallest absolute Gasteiger partial charge is 0.306 e. The zero-order valence-corrected chi connectivity index (χ0v) is 36.7. The summed E-state index contributed by atoms with van der Waals surface area (Å²) in [5, 5.41) is 16.7.